The third-order valence-electron chi connectivity index (χ3n) is 7.18. The highest BCUT2D eigenvalue weighted by molar-refractivity contribution is 5.72. The summed E-state index contributed by atoms with van der Waals surface area (Å²) in [5.74, 6) is 0.782. The molecule has 10 heteroatoms. The van der Waals surface area contributed by atoms with Crippen molar-refractivity contribution in [3.05, 3.63) is 29.7 Å². The lowest BCUT2D eigenvalue weighted by molar-refractivity contribution is -0.154. The van der Waals surface area contributed by atoms with Crippen LogP contribution in [0.5, 0.6) is 5.75 Å². The fourth-order valence-electron chi connectivity index (χ4n) is 5.07. The average molecular weight is 529 g/mol. The molecule has 2 aromatic rings. The number of carbonyl (C=O) groups excluding carboxylic acids is 2. The van der Waals surface area contributed by atoms with E-state index in [0.717, 1.165) is 54.9 Å². The number of hydrogen-bond donors (Lipinski definition) is 0. The Kier molecular flexibility index (Phi) is 9.25. The number of aromatic nitrogens is 3. The normalized spacial score (nSPS) is 21.4. The summed E-state index contributed by atoms with van der Waals surface area (Å²) < 4.78 is 24.4. The summed E-state index contributed by atoms with van der Waals surface area (Å²) in [6.45, 7) is 7.77. The lowest BCUT2D eigenvalue weighted by atomic mass is 9.87. The Balaban J connectivity index is 1.38. The van der Waals surface area contributed by atoms with Crippen molar-refractivity contribution in [2.24, 2.45) is 18.9 Å². The van der Waals surface area contributed by atoms with Gasteiger partial charge in [0.2, 0.25) is 0 Å². The Morgan fingerprint density at radius 3 is 2.76 bits per heavy atom. The van der Waals surface area contributed by atoms with E-state index in [0.29, 0.717) is 31.2 Å². The van der Waals surface area contributed by atoms with Gasteiger partial charge in [-0.3, -0.25) is 9.48 Å². The molecule has 4 rings (SSSR count). The molecule has 0 radical (unpaired) electrons. The SMILES string of the molecule is Cc1nc(-c2cnn(C)c2COC(=O)N(C)C[C@H]2CCOC2)ccc1O[C@H]1CCC[C@H](C(=O)OC(C)C)C1. The van der Waals surface area contributed by atoms with Crippen molar-refractivity contribution in [3.63, 3.8) is 0 Å². The first-order chi connectivity index (χ1) is 18.2. The minimum atomic E-state index is -0.375. The van der Waals surface area contributed by atoms with Gasteiger partial charge in [0.1, 0.15) is 12.4 Å². The molecular formula is C28H40N4O6. The summed E-state index contributed by atoms with van der Waals surface area (Å²) in [5, 5.41) is 4.37. The van der Waals surface area contributed by atoms with Crippen LogP contribution < -0.4 is 4.74 Å². The lowest BCUT2D eigenvalue weighted by Gasteiger charge is -2.29. The van der Waals surface area contributed by atoms with E-state index in [1.807, 2.05) is 40.0 Å². The second kappa shape index (κ2) is 12.6. The van der Waals surface area contributed by atoms with Crippen LogP contribution in [0.4, 0.5) is 4.79 Å². The van der Waals surface area contributed by atoms with E-state index in [1.165, 1.54) is 0 Å². The Morgan fingerprint density at radius 2 is 2.05 bits per heavy atom. The first-order valence-electron chi connectivity index (χ1n) is 13.5. The number of nitrogens with zero attached hydrogens (tertiary/aromatic N) is 4. The lowest BCUT2D eigenvalue weighted by Crippen LogP contribution is -2.32. The fourth-order valence-corrected chi connectivity index (χ4v) is 5.07. The van der Waals surface area contributed by atoms with E-state index in [9.17, 15) is 9.59 Å². The number of pyridine rings is 1. The molecule has 2 aliphatic rings. The van der Waals surface area contributed by atoms with Crippen LogP contribution in [0.3, 0.4) is 0 Å². The van der Waals surface area contributed by atoms with Crippen molar-refractivity contribution in [1.82, 2.24) is 19.7 Å². The third-order valence-corrected chi connectivity index (χ3v) is 7.18. The van der Waals surface area contributed by atoms with E-state index >= 15 is 0 Å². The topological polar surface area (TPSA) is 105 Å². The molecule has 1 amide bonds. The van der Waals surface area contributed by atoms with Gasteiger partial charge < -0.3 is 23.8 Å². The molecule has 38 heavy (non-hydrogen) atoms. The predicted molar refractivity (Wildman–Crippen MR) is 141 cm³/mol. The molecule has 1 aliphatic heterocycles. The quantitative estimate of drug-likeness (QED) is 0.444. The first-order valence-corrected chi connectivity index (χ1v) is 13.5. The van der Waals surface area contributed by atoms with Gasteiger partial charge in [-0.2, -0.15) is 5.10 Å². The van der Waals surface area contributed by atoms with Gasteiger partial charge in [-0.25, -0.2) is 9.78 Å². The van der Waals surface area contributed by atoms with Crippen LogP contribution in [0, 0.1) is 18.8 Å². The van der Waals surface area contributed by atoms with Crippen LogP contribution in [-0.2, 0) is 32.7 Å². The largest absolute Gasteiger partial charge is 0.489 e. The van der Waals surface area contributed by atoms with E-state index in [4.69, 9.17) is 23.9 Å². The Bertz CT molecular complexity index is 1110. The van der Waals surface area contributed by atoms with Crippen LogP contribution in [-0.4, -0.2) is 70.7 Å². The number of aryl methyl sites for hydroxylation is 2. The number of esters is 1. The zero-order chi connectivity index (χ0) is 27.2. The number of rotatable bonds is 9. The fraction of sp³-hybridized carbons (Fsp3) is 0.643. The van der Waals surface area contributed by atoms with Crippen molar-refractivity contribution in [2.75, 3.05) is 26.8 Å². The molecule has 0 spiro atoms. The monoisotopic (exact) mass is 528 g/mol. The Morgan fingerprint density at radius 1 is 1.24 bits per heavy atom. The van der Waals surface area contributed by atoms with Crippen LogP contribution in [0.2, 0.25) is 0 Å². The smallest absolute Gasteiger partial charge is 0.409 e. The summed E-state index contributed by atoms with van der Waals surface area (Å²) in [6.07, 6.45) is 5.45. The van der Waals surface area contributed by atoms with E-state index in [-0.39, 0.29) is 36.8 Å². The van der Waals surface area contributed by atoms with Crippen molar-refractivity contribution in [3.8, 4) is 17.0 Å². The molecular weight excluding hydrogens is 488 g/mol. The first kappa shape index (κ1) is 27.9. The summed E-state index contributed by atoms with van der Waals surface area (Å²) in [6, 6.07) is 3.80. The molecule has 3 heterocycles. The molecule has 208 valence electrons. The summed E-state index contributed by atoms with van der Waals surface area (Å²) in [4.78, 5) is 31.3. The number of hydrogen-bond acceptors (Lipinski definition) is 8. The second-order valence-electron chi connectivity index (χ2n) is 10.7. The maximum absolute atomic E-state index is 12.6. The number of ether oxygens (including phenoxy) is 4. The van der Waals surface area contributed by atoms with Crippen LogP contribution >= 0.6 is 0 Å². The highest BCUT2D eigenvalue weighted by Gasteiger charge is 2.30. The molecule has 0 N–H and O–H groups in total. The van der Waals surface area contributed by atoms with E-state index in [1.54, 1.807) is 22.8 Å². The minimum Gasteiger partial charge on any atom is -0.489 e. The zero-order valence-corrected chi connectivity index (χ0v) is 23.1. The third kappa shape index (κ3) is 7.03. The second-order valence-corrected chi connectivity index (χ2v) is 10.7. The average Bonchev–Trinajstić information content (AvgIpc) is 3.53. The standard InChI is InChI=1S/C28H40N4O6/c1-18(2)37-27(33)21-7-6-8-22(13-21)38-26-10-9-24(30-19(26)3)23-14-29-32(5)25(23)17-36-28(34)31(4)15-20-11-12-35-16-20/h9-10,14,18,20-22H,6-8,11-13,15-17H2,1-5H3/t20-,21+,22+/m1/s1. The zero-order valence-electron chi connectivity index (χ0n) is 23.1. The molecule has 0 aromatic carbocycles. The van der Waals surface area contributed by atoms with Gasteiger partial charge in [0, 0.05) is 38.7 Å². The van der Waals surface area contributed by atoms with Gasteiger partial charge in [0.15, 0.2) is 0 Å². The number of carbonyl (C=O) groups is 2. The molecule has 2 aromatic heterocycles. The van der Waals surface area contributed by atoms with Gasteiger partial charge in [-0.15, -0.1) is 0 Å². The van der Waals surface area contributed by atoms with Crippen molar-refractivity contribution < 1.29 is 28.5 Å². The molecule has 0 unspecified atom stereocenters. The summed E-state index contributed by atoms with van der Waals surface area (Å²) in [5.41, 5.74) is 3.04. The van der Waals surface area contributed by atoms with Gasteiger partial charge in [0.25, 0.3) is 0 Å². The molecule has 1 saturated carbocycles. The minimum absolute atomic E-state index is 0.0547. The highest BCUT2D eigenvalue weighted by atomic mass is 16.6. The maximum Gasteiger partial charge on any atom is 0.409 e. The molecule has 1 aliphatic carbocycles. The maximum atomic E-state index is 12.6. The van der Waals surface area contributed by atoms with Crippen molar-refractivity contribution >= 4 is 12.1 Å². The Hall–Kier alpha value is -3.14. The van der Waals surface area contributed by atoms with Crippen molar-refractivity contribution in [2.45, 2.75) is 71.7 Å². The molecule has 0 bridgehead atoms. The van der Waals surface area contributed by atoms with E-state index in [2.05, 4.69) is 5.10 Å². The highest BCUT2D eigenvalue weighted by Crippen LogP contribution is 2.31. The molecule has 10 nitrogen and oxygen atoms in total. The molecule has 3 atom stereocenters. The van der Waals surface area contributed by atoms with Gasteiger partial charge in [-0.1, -0.05) is 0 Å². The van der Waals surface area contributed by atoms with Crippen LogP contribution in [0.25, 0.3) is 11.3 Å². The van der Waals surface area contributed by atoms with Crippen LogP contribution in [0.15, 0.2) is 18.3 Å². The Labute approximate surface area is 224 Å². The van der Waals surface area contributed by atoms with Crippen LogP contribution in [0.1, 0.15) is 57.3 Å². The predicted octanol–water partition coefficient (Wildman–Crippen LogP) is 4.28. The molecule has 1 saturated heterocycles. The van der Waals surface area contributed by atoms with Gasteiger partial charge in [0.05, 0.1) is 48.0 Å². The molecule has 2 fully saturated rings. The number of amides is 1. The van der Waals surface area contributed by atoms with Gasteiger partial charge >= 0.3 is 12.1 Å². The summed E-state index contributed by atoms with van der Waals surface area (Å²) >= 11 is 0. The summed E-state index contributed by atoms with van der Waals surface area (Å²) in [7, 11) is 3.57. The van der Waals surface area contributed by atoms with Gasteiger partial charge in [-0.05, 0) is 65.0 Å². The van der Waals surface area contributed by atoms with Crippen molar-refractivity contribution in [1.29, 1.82) is 0 Å². The van der Waals surface area contributed by atoms with E-state index < -0.39 is 0 Å².